The van der Waals surface area contributed by atoms with Gasteiger partial charge in [0.1, 0.15) is 0 Å². The second-order valence-corrected chi connectivity index (χ2v) is 7.79. The summed E-state index contributed by atoms with van der Waals surface area (Å²) in [5.41, 5.74) is 0.0733. The van der Waals surface area contributed by atoms with E-state index in [2.05, 4.69) is 31.7 Å². The van der Waals surface area contributed by atoms with Crippen molar-refractivity contribution in [1.82, 2.24) is 9.80 Å². The molecular weight excluding hydrogens is 262 g/mol. The predicted molar refractivity (Wildman–Crippen MR) is 83.6 cm³/mol. The topological polar surface area (TPSA) is 47.3 Å². The van der Waals surface area contributed by atoms with Crippen molar-refractivity contribution >= 4 is 5.91 Å². The minimum Gasteiger partial charge on any atom is -0.340 e. The fourth-order valence-electron chi connectivity index (χ4n) is 3.47. The molecule has 0 aromatic rings. The molecule has 0 aromatic carbocycles. The SMILES string of the molecule is CC(C)(C)CC(=O)N1CCN(C2CCC(C#N)CC2)CC1. The van der Waals surface area contributed by atoms with Crippen molar-refractivity contribution in [1.29, 1.82) is 5.26 Å². The van der Waals surface area contributed by atoms with Crippen molar-refractivity contribution in [3.63, 3.8) is 0 Å². The molecule has 0 unspecified atom stereocenters. The molecule has 2 fully saturated rings. The Morgan fingerprint density at radius 3 is 2.14 bits per heavy atom. The largest absolute Gasteiger partial charge is 0.340 e. The van der Waals surface area contributed by atoms with Crippen molar-refractivity contribution < 1.29 is 4.79 Å². The smallest absolute Gasteiger partial charge is 0.223 e. The summed E-state index contributed by atoms with van der Waals surface area (Å²) >= 11 is 0. The Labute approximate surface area is 129 Å². The first kappa shape index (κ1) is 16.3. The summed E-state index contributed by atoms with van der Waals surface area (Å²) in [6.45, 7) is 10.1. The van der Waals surface area contributed by atoms with Gasteiger partial charge in [0.2, 0.25) is 5.91 Å². The Kier molecular flexibility index (Phi) is 5.27. The predicted octanol–water partition coefficient (Wildman–Crippen LogP) is 2.65. The number of nitrogens with zero attached hydrogens (tertiary/aromatic N) is 3. The van der Waals surface area contributed by atoms with Crippen LogP contribution in [0, 0.1) is 22.7 Å². The van der Waals surface area contributed by atoms with Crippen LogP contribution in [0.2, 0.25) is 0 Å². The maximum atomic E-state index is 12.2. The normalized spacial score (nSPS) is 28.2. The molecule has 1 saturated carbocycles. The molecule has 1 saturated heterocycles. The van der Waals surface area contributed by atoms with E-state index in [0.717, 1.165) is 51.9 Å². The molecule has 0 aromatic heterocycles. The number of hydrogen-bond donors (Lipinski definition) is 0. The second kappa shape index (κ2) is 6.79. The summed E-state index contributed by atoms with van der Waals surface area (Å²) in [6.07, 6.45) is 5.03. The lowest BCUT2D eigenvalue weighted by Crippen LogP contribution is -2.53. The van der Waals surface area contributed by atoms with Crippen LogP contribution in [-0.2, 0) is 4.79 Å². The van der Waals surface area contributed by atoms with Crippen LogP contribution in [0.4, 0.5) is 0 Å². The maximum Gasteiger partial charge on any atom is 0.223 e. The van der Waals surface area contributed by atoms with Gasteiger partial charge in [-0.3, -0.25) is 9.69 Å². The van der Waals surface area contributed by atoms with Crippen LogP contribution in [0.1, 0.15) is 52.9 Å². The highest BCUT2D eigenvalue weighted by molar-refractivity contribution is 5.76. The molecule has 21 heavy (non-hydrogen) atoms. The van der Waals surface area contributed by atoms with Crippen molar-refractivity contribution in [3.8, 4) is 6.07 Å². The summed E-state index contributed by atoms with van der Waals surface area (Å²) < 4.78 is 0. The highest BCUT2D eigenvalue weighted by Crippen LogP contribution is 2.28. The molecule has 1 amide bonds. The molecule has 0 N–H and O–H groups in total. The van der Waals surface area contributed by atoms with Crippen LogP contribution < -0.4 is 0 Å². The first-order chi connectivity index (χ1) is 9.89. The average Bonchev–Trinajstić information content (AvgIpc) is 2.46. The van der Waals surface area contributed by atoms with E-state index >= 15 is 0 Å². The third-order valence-corrected chi connectivity index (χ3v) is 4.74. The first-order valence-corrected chi connectivity index (χ1v) is 8.30. The van der Waals surface area contributed by atoms with E-state index in [1.54, 1.807) is 0 Å². The van der Waals surface area contributed by atoms with Crippen molar-refractivity contribution in [2.75, 3.05) is 26.2 Å². The number of piperazine rings is 1. The lowest BCUT2D eigenvalue weighted by Gasteiger charge is -2.41. The van der Waals surface area contributed by atoms with E-state index in [4.69, 9.17) is 5.26 Å². The molecule has 1 aliphatic carbocycles. The molecular formula is C17H29N3O. The third-order valence-electron chi connectivity index (χ3n) is 4.74. The van der Waals surface area contributed by atoms with E-state index in [1.165, 1.54) is 0 Å². The molecule has 4 heteroatoms. The van der Waals surface area contributed by atoms with Gasteiger partial charge < -0.3 is 4.90 Å². The number of carbonyl (C=O) groups excluding carboxylic acids is 1. The van der Waals surface area contributed by atoms with Gasteiger partial charge in [-0.25, -0.2) is 0 Å². The van der Waals surface area contributed by atoms with Gasteiger partial charge in [-0.15, -0.1) is 0 Å². The van der Waals surface area contributed by atoms with E-state index < -0.39 is 0 Å². The fourth-order valence-corrected chi connectivity index (χ4v) is 3.47. The van der Waals surface area contributed by atoms with Crippen molar-refractivity contribution in [2.45, 2.75) is 58.9 Å². The summed E-state index contributed by atoms with van der Waals surface area (Å²) in [7, 11) is 0. The van der Waals surface area contributed by atoms with E-state index in [9.17, 15) is 4.79 Å². The zero-order valence-electron chi connectivity index (χ0n) is 13.8. The van der Waals surface area contributed by atoms with Gasteiger partial charge >= 0.3 is 0 Å². The summed E-state index contributed by atoms with van der Waals surface area (Å²) in [5, 5.41) is 8.97. The lowest BCUT2D eigenvalue weighted by atomic mass is 9.86. The molecule has 0 atom stereocenters. The van der Waals surface area contributed by atoms with E-state index in [1.807, 2.05) is 4.90 Å². The summed E-state index contributed by atoms with van der Waals surface area (Å²) in [6, 6.07) is 3.03. The molecule has 118 valence electrons. The van der Waals surface area contributed by atoms with Crippen LogP contribution in [0.3, 0.4) is 0 Å². The molecule has 4 nitrogen and oxygen atoms in total. The zero-order valence-corrected chi connectivity index (χ0v) is 13.8. The molecule has 1 aliphatic heterocycles. The number of carbonyl (C=O) groups is 1. The quantitative estimate of drug-likeness (QED) is 0.786. The highest BCUT2D eigenvalue weighted by Gasteiger charge is 2.30. The van der Waals surface area contributed by atoms with Gasteiger partial charge in [0, 0.05) is 44.6 Å². The zero-order chi connectivity index (χ0) is 15.5. The highest BCUT2D eigenvalue weighted by atomic mass is 16.2. The molecule has 1 heterocycles. The Balaban J connectivity index is 1.76. The average molecular weight is 291 g/mol. The molecule has 0 radical (unpaired) electrons. The monoisotopic (exact) mass is 291 g/mol. The van der Waals surface area contributed by atoms with E-state index in [0.29, 0.717) is 18.4 Å². The summed E-state index contributed by atoms with van der Waals surface area (Å²) in [5.74, 6) is 0.575. The fraction of sp³-hybridized carbons (Fsp3) is 0.882. The van der Waals surface area contributed by atoms with Crippen molar-refractivity contribution in [3.05, 3.63) is 0 Å². The van der Waals surface area contributed by atoms with Gasteiger partial charge in [0.05, 0.1) is 6.07 Å². The van der Waals surface area contributed by atoms with E-state index in [-0.39, 0.29) is 11.3 Å². The lowest BCUT2D eigenvalue weighted by molar-refractivity contribution is -0.135. The van der Waals surface area contributed by atoms with Gasteiger partial charge in [-0.05, 0) is 31.1 Å². The van der Waals surface area contributed by atoms with Crippen LogP contribution in [0.15, 0.2) is 0 Å². The molecule has 0 bridgehead atoms. The second-order valence-electron chi connectivity index (χ2n) is 7.79. The molecule has 2 rings (SSSR count). The van der Waals surface area contributed by atoms with Crippen LogP contribution in [-0.4, -0.2) is 47.9 Å². The Hall–Kier alpha value is -1.08. The van der Waals surface area contributed by atoms with Crippen LogP contribution >= 0.6 is 0 Å². The Morgan fingerprint density at radius 1 is 1.10 bits per heavy atom. The summed E-state index contributed by atoms with van der Waals surface area (Å²) in [4.78, 5) is 16.8. The third kappa shape index (κ3) is 4.71. The van der Waals surface area contributed by atoms with Gasteiger partial charge in [-0.2, -0.15) is 5.26 Å². The minimum absolute atomic E-state index is 0.0733. The van der Waals surface area contributed by atoms with Gasteiger partial charge in [-0.1, -0.05) is 20.8 Å². The number of nitriles is 1. The molecule has 0 spiro atoms. The van der Waals surface area contributed by atoms with Gasteiger partial charge in [0.25, 0.3) is 0 Å². The first-order valence-electron chi connectivity index (χ1n) is 8.30. The molecule has 2 aliphatic rings. The van der Waals surface area contributed by atoms with Gasteiger partial charge in [0.15, 0.2) is 0 Å². The Bertz CT molecular complexity index is 391. The maximum absolute atomic E-state index is 12.2. The number of amides is 1. The Morgan fingerprint density at radius 2 is 1.67 bits per heavy atom. The number of rotatable bonds is 2. The standard InChI is InChI=1S/C17H29N3O/c1-17(2,3)12-16(21)20-10-8-19(9-11-20)15-6-4-14(13-18)5-7-15/h14-15H,4-12H2,1-3H3. The minimum atomic E-state index is 0.0733. The number of hydrogen-bond acceptors (Lipinski definition) is 3. The van der Waals surface area contributed by atoms with Crippen LogP contribution in [0.5, 0.6) is 0 Å². The van der Waals surface area contributed by atoms with Crippen LogP contribution in [0.25, 0.3) is 0 Å². The van der Waals surface area contributed by atoms with Crippen molar-refractivity contribution in [2.24, 2.45) is 11.3 Å².